The molecule has 1 aliphatic heterocycles. The lowest BCUT2D eigenvalue weighted by molar-refractivity contribution is -0.486. The lowest BCUT2D eigenvalue weighted by Gasteiger charge is -2.17. The van der Waals surface area contributed by atoms with Crippen molar-refractivity contribution in [3.8, 4) is 0 Å². The molecule has 0 saturated carbocycles. The first kappa shape index (κ1) is 13.9. The minimum Gasteiger partial charge on any atom is -0.381 e. The molecule has 1 aliphatic rings. The van der Waals surface area contributed by atoms with Crippen LogP contribution < -0.4 is 5.32 Å². The molecular formula is C8H13Br2N3O3. The Morgan fingerprint density at radius 3 is 2.88 bits per heavy atom. The summed E-state index contributed by atoms with van der Waals surface area (Å²) >= 11 is 5.95. The second-order valence-electron chi connectivity index (χ2n) is 3.48. The second kappa shape index (κ2) is 5.92. The monoisotopic (exact) mass is 357 g/mol. The van der Waals surface area contributed by atoms with Gasteiger partial charge in [0.2, 0.25) is 0 Å². The van der Waals surface area contributed by atoms with E-state index in [2.05, 4.69) is 42.2 Å². The van der Waals surface area contributed by atoms with Crippen molar-refractivity contribution in [1.29, 1.82) is 0 Å². The van der Waals surface area contributed by atoms with Crippen LogP contribution in [0.5, 0.6) is 0 Å². The topological polar surface area (TPSA) is 76.8 Å². The molecule has 0 spiro atoms. The van der Waals surface area contributed by atoms with Crippen molar-refractivity contribution >= 4 is 37.7 Å². The van der Waals surface area contributed by atoms with E-state index < -0.39 is 8.28 Å². The van der Waals surface area contributed by atoms with Gasteiger partial charge in [0.1, 0.15) is 0 Å². The quantitative estimate of drug-likeness (QED) is 0.205. The number of ether oxygens (including phenoxy) is 1. The summed E-state index contributed by atoms with van der Waals surface area (Å²) in [6.45, 7) is 2.08. The standard InChI is InChI=1S/C8H13Br2N3O3/c1-11-7(8(9,10)13(14)15)12-4-6-2-3-16-5-6/h6H,2-5H2,1H3,(H,11,12). The molecule has 1 rings (SSSR count). The van der Waals surface area contributed by atoms with E-state index in [4.69, 9.17) is 4.74 Å². The number of hydrogen-bond donors (Lipinski definition) is 1. The van der Waals surface area contributed by atoms with Gasteiger partial charge in [-0.25, -0.2) is 0 Å². The van der Waals surface area contributed by atoms with E-state index in [1.807, 2.05) is 0 Å². The summed E-state index contributed by atoms with van der Waals surface area (Å²) in [7, 11) is 1.51. The van der Waals surface area contributed by atoms with E-state index in [0.717, 1.165) is 13.0 Å². The molecule has 0 aromatic heterocycles. The van der Waals surface area contributed by atoms with Crippen LogP contribution in [0.25, 0.3) is 0 Å². The Kier molecular flexibility index (Phi) is 5.13. The summed E-state index contributed by atoms with van der Waals surface area (Å²) in [5, 5.41) is 13.8. The SMILES string of the molecule is CN=C(NCC1CCOC1)C(Br)(Br)[N+](=O)[O-]. The molecule has 0 aromatic rings. The summed E-state index contributed by atoms with van der Waals surface area (Å²) in [6, 6.07) is 0. The van der Waals surface area contributed by atoms with Crippen LogP contribution in [0.4, 0.5) is 0 Å². The zero-order valence-corrected chi connectivity index (χ0v) is 12.0. The Labute approximate surface area is 110 Å². The smallest absolute Gasteiger partial charge is 0.381 e. The van der Waals surface area contributed by atoms with Crippen molar-refractivity contribution in [1.82, 2.24) is 5.32 Å². The molecule has 0 aliphatic carbocycles. The number of aliphatic imine (C=N–C) groups is 1. The predicted octanol–water partition coefficient (Wildman–Crippen LogP) is 1.36. The molecule has 16 heavy (non-hydrogen) atoms. The lowest BCUT2D eigenvalue weighted by Crippen LogP contribution is -2.45. The highest BCUT2D eigenvalue weighted by Crippen LogP contribution is 2.27. The Hall–Kier alpha value is -0.210. The maximum absolute atomic E-state index is 10.8. The fraction of sp³-hybridized carbons (Fsp3) is 0.875. The van der Waals surface area contributed by atoms with Crippen LogP contribution in [0.2, 0.25) is 0 Å². The third kappa shape index (κ3) is 3.39. The Balaban J connectivity index is 2.52. The van der Waals surface area contributed by atoms with Crippen molar-refractivity contribution in [3.63, 3.8) is 0 Å². The van der Waals surface area contributed by atoms with Crippen LogP contribution in [0, 0.1) is 16.0 Å². The molecule has 0 radical (unpaired) electrons. The molecule has 1 atom stereocenters. The normalized spacial score (nSPS) is 22.2. The van der Waals surface area contributed by atoms with E-state index in [-0.39, 0.29) is 5.84 Å². The van der Waals surface area contributed by atoms with Gasteiger partial charge in [-0.2, -0.15) is 0 Å². The summed E-state index contributed by atoms with van der Waals surface area (Å²) in [5.74, 6) is 0.642. The fourth-order valence-corrected chi connectivity index (χ4v) is 2.03. The maximum atomic E-state index is 10.8. The molecule has 1 heterocycles. The number of nitrogens with zero attached hydrogens (tertiary/aromatic N) is 2. The van der Waals surface area contributed by atoms with Gasteiger partial charge in [0.05, 0.1) is 11.5 Å². The van der Waals surface area contributed by atoms with Crippen LogP contribution in [-0.2, 0) is 4.74 Å². The molecular weight excluding hydrogens is 346 g/mol. The van der Waals surface area contributed by atoms with Gasteiger partial charge in [-0.15, -0.1) is 0 Å². The summed E-state index contributed by atoms with van der Waals surface area (Å²) in [5.41, 5.74) is 0. The third-order valence-corrected chi connectivity index (χ3v) is 3.65. The van der Waals surface area contributed by atoms with Gasteiger partial charge in [0.15, 0.2) is 5.84 Å². The molecule has 92 valence electrons. The van der Waals surface area contributed by atoms with E-state index in [1.54, 1.807) is 0 Å². The summed E-state index contributed by atoms with van der Waals surface area (Å²) < 4.78 is 3.69. The number of halogens is 2. The minimum absolute atomic E-state index is 0.254. The molecule has 1 saturated heterocycles. The largest absolute Gasteiger partial charge is 0.382 e. The first-order valence-corrected chi connectivity index (χ1v) is 6.38. The molecule has 1 unspecified atom stereocenters. The minimum atomic E-state index is -1.53. The number of hydrogen-bond acceptors (Lipinski definition) is 4. The predicted molar refractivity (Wildman–Crippen MR) is 67.9 cm³/mol. The molecule has 0 amide bonds. The molecule has 1 fully saturated rings. The van der Waals surface area contributed by atoms with Crippen molar-refractivity contribution in [2.24, 2.45) is 10.9 Å². The van der Waals surface area contributed by atoms with E-state index >= 15 is 0 Å². The summed E-state index contributed by atoms with van der Waals surface area (Å²) in [6.07, 6.45) is 0.972. The molecule has 8 heteroatoms. The van der Waals surface area contributed by atoms with Crippen LogP contribution in [0.3, 0.4) is 0 Å². The number of alkyl halides is 2. The van der Waals surface area contributed by atoms with E-state index in [1.165, 1.54) is 7.05 Å². The lowest BCUT2D eigenvalue weighted by atomic mass is 10.1. The molecule has 0 aromatic carbocycles. The van der Waals surface area contributed by atoms with Crippen LogP contribution in [-0.4, -0.2) is 40.9 Å². The van der Waals surface area contributed by atoms with Crippen molar-refractivity contribution in [2.45, 2.75) is 9.78 Å². The van der Waals surface area contributed by atoms with Gasteiger partial charge in [-0.1, -0.05) is 0 Å². The Morgan fingerprint density at radius 2 is 2.44 bits per heavy atom. The number of amidine groups is 1. The van der Waals surface area contributed by atoms with Gasteiger partial charge in [-0.3, -0.25) is 15.1 Å². The second-order valence-corrected chi connectivity index (χ2v) is 6.84. The van der Waals surface area contributed by atoms with Gasteiger partial charge in [0, 0.05) is 58.0 Å². The maximum Gasteiger partial charge on any atom is 0.382 e. The first-order valence-electron chi connectivity index (χ1n) is 4.79. The zero-order valence-electron chi connectivity index (χ0n) is 8.78. The third-order valence-electron chi connectivity index (χ3n) is 2.32. The Morgan fingerprint density at radius 1 is 1.75 bits per heavy atom. The molecule has 1 N–H and O–H groups in total. The van der Waals surface area contributed by atoms with Gasteiger partial charge < -0.3 is 10.1 Å². The number of nitrogens with one attached hydrogen (secondary N) is 1. The molecule has 6 nitrogen and oxygen atoms in total. The highest BCUT2D eigenvalue weighted by molar-refractivity contribution is 9.25. The van der Waals surface area contributed by atoms with Gasteiger partial charge in [0.25, 0.3) is 0 Å². The van der Waals surface area contributed by atoms with Crippen molar-refractivity contribution < 1.29 is 9.66 Å². The van der Waals surface area contributed by atoms with E-state index in [9.17, 15) is 10.1 Å². The highest BCUT2D eigenvalue weighted by Gasteiger charge is 2.43. The van der Waals surface area contributed by atoms with Crippen LogP contribution in [0.15, 0.2) is 4.99 Å². The fourth-order valence-electron chi connectivity index (χ4n) is 1.39. The Bertz CT molecular complexity index is 290. The van der Waals surface area contributed by atoms with Crippen molar-refractivity contribution in [3.05, 3.63) is 10.1 Å². The number of rotatable bonds is 4. The average Bonchev–Trinajstić information content (AvgIpc) is 2.71. The average molecular weight is 359 g/mol. The van der Waals surface area contributed by atoms with Gasteiger partial charge >= 0.3 is 3.36 Å². The molecule has 0 bridgehead atoms. The summed E-state index contributed by atoms with van der Waals surface area (Å²) in [4.78, 5) is 14.2. The van der Waals surface area contributed by atoms with Crippen LogP contribution >= 0.6 is 31.9 Å². The van der Waals surface area contributed by atoms with E-state index in [0.29, 0.717) is 19.1 Å². The zero-order chi connectivity index (χ0) is 12.2. The van der Waals surface area contributed by atoms with Gasteiger partial charge in [-0.05, 0) is 6.42 Å². The number of nitro groups is 1. The first-order chi connectivity index (χ1) is 7.48. The highest BCUT2D eigenvalue weighted by atomic mass is 79.9. The van der Waals surface area contributed by atoms with Crippen molar-refractivity contribution in [2.75, 3.05) is 26.8 Å². The van der Waals surface area contributed by atoms with Crippen LogP contribution in [0.1, 0.15) is 6.42 Å².